The van der Waals surface area contributed by atoms with Crippen LogP contribution in [-0.4, -0.2) is 19.1 Å². The fraction of sp³-hybridized carbons (Fsp3) is 0.278. The number of benzene rings is 2. The summed E-state index contributed by atoms with van der Waals surface area (Å²) in [6, 6.07) is 17.0. The molecule has 1 N–H and O–H groups in total. The van der Waals surface area contributed by atoms with Crippen LogP contribution in [0.2, 0.25) is 0 Å². The highest BCUT2D eigenvalue weighted by atomic mass is 16.5. The quantitative estimate of drug-likeness (QED) is 0.854. The van der Waals surface area contributed by atoms with Crippen molar-refractivity contribution in [3.8, 4) is 11.5 Å². The first kappa shape index (κ1) is 15.9. The molecule has 116 valence electrons. The molecule has 22 heavy (non-hydrogen) atoms. The lowest BCUT2D eigenvalue weighted by atomic mass is 10.2. The van der Waals surface area contributed by atoms with Gasteiger partial charge < -0.3 is 14.8 Å². The number of para-hydroxylation sites is 1. The van der Waals surface area contributed by atoms with Gasteiger partial charge in [0.1, 0.15) is 11.5 Å². The predicted octanol–water partition coefficient (Wildman–Crippen LogP) is 3.17. The lowest BCUT2D eigenvalue weighted by molar-refractivity contribution is -0.128. The fourth-order valence-electron chi connectivity index (χ4n) is 2.03. The number of hydrogen-bond acceptors (Lipinski definition) is 3. The van der Waals surface area contributed by atoms with Gasteiger partial charge in [-0.25, -0.2) is 0 Å². The van der Waals surface area contributed by atoms with Crippen LogP contribution in [0.25, 0.3) is 0 Å². The number of carbonyl (C=O) groups excluding carboxylic acids is 1. The summed E-state index contributed by atoms with van der Waals surface area (Å²) in [5.74, 6) is 1.39. The monoisotopic (exact) mass is 299 g/mol. The zero-order valence-electron chi connectivity index (χ0n) is 12.9. The topological polar surface area (TPSA) is 47.6 Å². The smallest absolute Gasteiger partial charge is 0.261 e. The standard InChI is InChI=1S/C18H21NO3/c1-3-17(22-16-7-5-4-6-8-16)18(20)19-13-14-9-11-15(21-2)12-10-14/h4-12,17H,3,13H2,1-2H3,(H,19,20)/t17-/m0/s1. The van der Waals surface area contributed by atoms with Gasteiger partial charge in [0.2, 0.25) is 0 Å². The van der Waals surface area contributed by atoms with Crippen molar-refractivity contribution in [3.63, 3.8) is 0 Å². The first-order valence-corrected chi connectivity index (χ1v) is 7.35. The number of carbonyl (C=O) groups is 1. The van der Waals surface area contributed by atoms with Crippen LogP contribution in [-0.2, 0) is 11.3 Å². The summed E-state index contributed by atoms with van der Waals surface area (Å²) in [5, 5.41) is 2.90. The molecule has 0 saturated carbocycles. The van der Waals surface area contributed by atoms with Crippen molar-refractivity contribution in [1.29, 1.82) is 0 Å². The van der Waals surface area contributed by atoms with E-state index in [1.165, 1.54) is 0 Å². The molecule has 0 aliphatic carbocycles. The van der Waals surface area contributed by atoms with Gasteiger partial charge in [-0.05, 0) is 36.2 Å². The third kappa shape index (κ3) is 4.52. The zero-order chi connectivity index (χ0) is 15.8. The molecule has 0 heterocycles. The van der Waals surface area contributed by atoms with Crippen molar-refractivity contribution < 1.29 is 14.3 Å². The molecule has 2 aromatic rings. The highest BCUT2D eigenvalue weighted by Gasteiger charge is 2.17. The van der Waals surface area contributed by atoms with Crippen LogP contribution >= 0.6 is 0 Å². The molecule has 1 amide bonds. The molecule has 2 rings (SSSR count). The van der Waals surface area contributed by atoms with E-state index in [0.717, 1.165) is 11.3 Å². The van der Waals surface area contributed by atoms with E-state index in [-0.39, 0.29) is 5.91 Å². The molecule has 0 radical (unpaired) electrons. The molecule has 1 atom stereocenters. The summed E-state index contributed by atoms with van der Waals surface area (Å²) >= 11 is 0. The molecule has 0 fully saturated rings. The Balaban J connectivity index is 1.88. The highest BCUT2D eigenvalue weighted by molar-refractivity contribution is 5.81. The summed E-state index contributed by atoms with van der Waals surface area (Å²) in [4.78, 5) is 12.2. The van der Waals surface area contributed by atoms with E-state index in [1.54, 1.807) is 7.11 Å². The van der Waals surface area contributed by atoms with Crippen LogP contribution in [0.4, 0.5) is 0 Å². The second kappa shape index (κ2) is 8.08. The molecule has 0 saturated heterocycles. The summed E-state index contributed by atoms with van der Waals surface area (Å²) in [6.45, 7) is 2.40. The number of ether oxygens (including phenoxy) is 2. The Bertz CT molecular complexity index is 581. The lowest BCUT2D eigenvalue weighted by Crippen LogP contribution is -2.37. The first-order valence-electron chi connectivity index (χ1n) is 7.35. The van der Waals surface area contributed by atoms with Gasteiger partial charge in [-0.2, -0.15) is 0 Å². The van der Waals surface area contributed by atoms with E-state index < -0.39 is 6.10 Å². The Morgan fingerprint density at radius 2 is 1.73 bits per heavy atom. The first-order chi connectivity index (χ1) is 10.7. The number of nitrogens with one attached hydrogen (secondary N) is 1. The molecule has 4 nitrogen and oxygen atoms in total. The average Bonchev–Trinajstić information content (AvgIpc) is 2.59. The van der Waals surface area contributed by atoms with Crippen LogP contribution in [0.3, 0.4) is 0 Å². The van der Waals surface area contributed by atoms with Crippen LogP contribution in [0, 0.1) is 0 Å². The van der Waals surface area contributed by atoms with Gasteiger partial charge in [-0.1, -0.05) is 37.3 Å². The van der Waals surface area contributed by atoms with Gasteiger partial charge in [0, 0.05) is 6.54 Å². The summed E-state index contributed by atoms with van der Waals surface area (Å²) in [6.07, 6.45) is 0.129. The van der Waals surface area contributed by atoms with Gasteiger partial charge in [-0.3, -0.25) is 4.79 Å². The number of methoxy groups -OCH3 is 1. The maximum atomic E-state index is 12.2. The molecule has 2 aromatic carbocycles. The minimum Gasteiger partial charge on any atom is -0.497 e. The van der Waals surface area contributed by atoms with E-state index in [0.29, 0.717) is 18.7 Å². The molecular weight excluding hydrogens is 278 g/mol. The number of amides is 1. The molecular formula is C18H21NO3. The van der Waals surface area contributed by atoms with E-state index in [2.05, 4.69) is 5.32 Å². The lowest BCUT2D eigenvalue weighted by Gasteiger charge is -2.17. The number of hydrogen-bond donors (Lipinski definition) is 1. The van der Waals surface area contributed by atoms with Crippen molar-refractivity contribution >= 4 is 5.91 Å². The van der Waals surface area contributed by atoms with Gasteiger partial charge in [-0.15, -0.1) is 0 Å². The number of rotatable bonds is 7. The highest BCUT2D eigenvalue weighted by Crippen LogP contribution is 2.13. The Labute approximate surface area is 131 Å². The average molecular weight is 299 g/mol. The van der Waals surface area contributed by atoms with E-state index in [1.807, 2.05) is 61.5 Å². The summed E-state index contributed by atoms with van der Waals surface area (Å²) in [7, 11) is 1.63. The Hall–Kier alpha value is -2.49. The van der Waals surface area contributed by atoms with Crippen molar-refractivity contribution in [2.24, 2.45) is 0 Å². The van der Waals surface area contributed by atoms with Gasteiger partial charge in [0.05, 0.1) is 7.11 Å². The van der Waals surface area contributed by atoms with Gasteiger partial charge >= 0.3 is 0 Å². The third-order valence-electron chi connectivity index (χ3n) is 3.31. The normalized spacial score (nSPS) is 11.5. The maximum absolute atomic E-state index is 12.2. The largest absolute Gasteiger partial charge is 0.497 e. The van der Waals surface area contributed by atoms with Crippen molar-refractivity contribution in [1.82, 2.24) is 5.32 Å². The molecule has 0 spiro atoms. The van der Waals surface area contributed by atoms with Crippen LogP contribution in [0.15, 0.2) is 54.6 Å². The van der Waals surface area contributed by atoms with Crippen LogP contribution in [0.5, 0.6) is 11.5 Å². The maximum Gasteiger partial charge on any atom is 0.261 e. The summed E-state index contributed by atoms with van der Waals surface area (Å²) < 4.78 is 10.8. The van der Waals surface area contributed by atoms with E-state index in [9.17, 15) is 4.79 Å². The van der Waals surface area contributed by atoms with Crippen molar-refractivity contribution in [2.45, 2.75) is 26.0 Å². The van der Waals surface area contributed by atoms with Crippen LogP contribution < -0.4 is 14.8 Å². The molecule has 4 heteroatoms. The summed E-state index contributed by atoms with van der Waals surface area (Å²) in [5.41, 5.74) is 1.02. The molecule has 0 bridgehead atoms. The minimum absolute atomic E-state index is 0.109. The fourth-order valence-corrected chi connectivity index (χ4v) is 2.03. The Morgan fingerprint density at radius 3 is 2.32 bits per heavy atom. The molecule has 0 unspecified atom stereocenters. The molecule has 0 aliphatic heterocycles. The van der Waals surface area contributed by atoms with Crippen LogP contribution in [0.1, 0.15) is 18.9 Å². The minimum atomic E-state index is -0.486. The molecule has 0 aliphatic rings. The van der Waals surface area contributed by atoms with Crippen molar-refractivity contribution in [3.05, 3.63) is 60.2 Å². The van der Waals surface area contributed by atoms with Gasteiger partial charge in [0.15, 0.2) is 6.10 Å². The van der Waals surface area contributed by atoms with Gasteiger partial charge in [0.25, 0.3) is 5.91 Å². The third-order valence-corrected chi connectivity index (χ3v) is 3.31. The Kier molecular flexibility index (Phi) is 5.83. The zero-order valence-corrected chi connectivity index (χ0v) is 12.9. The second-order valence-electron chi connectivity index (χ2n) is 4.89. The van der Waals surface area contributed by atoms with E-state index in [4.69, 9.17) is 9.47 Å². The van der Waals surface area contributed by atoms with E-state index >= 15 is 0 Å². The predicted molar refractivity (Wildman–Crippen MR) is 86.0 cm³/mol. The molecule has 0 aromatic heterocycles. The Morgan fingerprint density at radius 1 is 1.05 bits per heavy atom. The van der Waals surface area contributed by atoms with Crippen molar-refractivity contribution in [2.75, 3.05) is 7.11 Å². The SMILES string of the molecule is CC[C@H](Oc1ccccc1)C(=O)NCc1ccc(OC)cc1. The second-order valence-corrected chi connectivity index (χ2v) is 4.89.